The van der Waals surface area contributed by atoms with E-state index in [-0.39, 0.29) is 6.61 Å². The summed E-state index contributed by atoms with van der Waals surface area (Å²) in [6.45, 7) is 9.49. The Bertz CT molecular complexity index is 764. The third kappa shape index (κ3) is 6.62. The zero-order chi connectivity index (χ0) is 18.1. The number of rotatable bonds is 9. The molecule has 0 aliphatic rings. The first-order valence-electron chi connectivity index (χ1n) is 8.08. The van der Waals surface area contributed by atoms with E-state index in [2.05, 4.69) is 27.2 Å². The van der Waals surface area contributed by atoms with Crippen LogP contribution in [0.25, 0.3) is 5.57 Å². The van der Waals surface area contributed by atoms with Crippen LogP contribution in [-0.2, 0) is 6.54 Å². The van der Waals surface area contributed by atoms with Crippen LogP contribution in [0.2, 0.25) is 0 Å². The van der Waals surface area contributed by atoms with Gasteiger partial charge in [-0.25, -0.2) is 9.97 Å². The second kappa shape index (κ2) is 9.88. The number of anilines is 1. The Kier molecular flexibility index (Phi) is 7.53. The van der Waals surface area contributed by atoms with E-state index in [0.29, 0.717) is 13.1 Å². The summed E-state index contributed by atoms with van der Waals surface area (Å²) < 4.78 is 0. The highest BCUT2D eigenvalue weighted by Crippen LogP contribution is 2.21. The molecule has 0 bridgehead atoms. The largest absolute Gasteiger partial charge is 0.395 e. The van der Waals surface area contributed by atoms with Gasteiger partial charge in [0, 0.05) is 31.2 Å². The zero-order valence-corrected chi connectivity index (χ0v) is 15.4. The molecule has 0 spiro atoms. The number of aliphatic hydroxyl groups excluding tert-OH is 1. The fourth-order valence-corrected chi connectivity index (χ4v) is 2.89. The molecule has 2 aromatic heterocycles. The Labute approximate surface area is 152 Å². The summed E-state index contributed by atoms with van der Waals surface area (Å²) in [6.07, 6.45) is 9.54. The molecule has 0 amide bonds. The maximum Gasteiger partial charge on any atom is 0.130 e. The van der Waals surface area contributed by atoms with Gasteiger partial charge >= 0.3 is 0 Å². The molecule has 2 rings (SSSR count). The van der Waals surface area contributed by atoms with Crippen LogP contribution in [-0.4, -0.2) is 28.2 Å². The van der Waals surface area contributed by atoms with Crippen LogP contribution in [0.5, 0.6) is 0 Å². The number of hydrogen-bond acceptors (Lipinski definition) is 6. The van der Waals surface area contributed by atoms with E-state index in [9.17, 15) is 0 Å². The average Bonchev–Trinajstić information content (AvgIpc) is 3.04. The molecule has 0 unspecified atom stereocenters. The van der Waals surface area contributed by atoms with Crippen LogP contribution in [0.1, 0.15) is 22.4 Å². The van der Waals surface area contributed by atoms with Crippen LogP contribution in [0.4, 0.5) is 5.82 Å². The molecule has 0 saturated heterocycles. The smallest absolute Gasteiger partial charge is 0.130 e. The fraction of sp³-hybridized carbons (Fsp3) is 0.263. The van der Waals surface area contributed by atoms with E-state index in [1.807, 2.05) is 50.4 Å². The molecule has 0 atom stereocenters. The van der Waals surface area contributed by atoms with Crippen molar-refractivity contribution >= 4 is 22.7 Å². The monoisotopic (exact) mass is 356 g/mol. The van der Waals surface area contributed by atoms with E-state index in [4.69, 9.17) is 5.11 Å². The van der Waals surface area contributed by atoms with Crippen LogP contribution >= 0.6 is 11.3 Å². The number of aliphatic hydroxyl groups is 1. The van der Waals surface area contributed by atoms with E-state index in [1.165, 1.54) is 5.56 Å². The lowest BCUT2D eigenvalue weighted by atomic mass is 10.2. The number of allylic oxidation sites excluding steroid dienone is 5. The molecule has 2 heterocycles. The first-order chi connectivity index (χ1) is 12.1. The normalized spacial score (nSPS) is 11.9. The predicted molar refractivity (Wildman–Crippen MR) is 105 cm³/mol. The molecular formula is C19H24N4OS. The highest BCUT2D eigenvalue weighted by molar-refractivity contribution is 7.12. The van der Waals surface area contributed by atoms with E-state index < -0.39 is 0 Å². The number of aryl methyl sites for hydroxylation is 1. The van der Waals surface area contributed by atoms with E-state index in [1.54, 1.807) is 17.5 Å². The van der Waals surface area contributed by atoms with Crippen molar-refractivity contribution in [3.8, 4) is 0 Å². The minimum Gasteiger partial charge on any atom is -0.395 e. The van der Waals surface area contributed by atoms with Gasteiger partial charge in [0.15, 0.2) is 0 Å². The fourth-order valence-electron chi connectivity index (χ4n) is 2.05. The topological polar surface area (TPSA) is 70.1 Å². The van der Waals surface area contributed by atoms with Gasteiger partial charge in [0.1, 0.15) is 10.8 Å². The van der Waals surface area contributed by atoms with Crippen LogP contribution in [0, 0.1) is 6.92 Å². The van der Waals surface area contributed by atoms with Gasteiger partial charge in [0.25, 0.3) is 0 Å². The minimum atomic E-state index is 0.130. The molecule has 0 aliphatic heterocycles. The van der Waals surface area contributed by atoms with Gasteiger partial charge in [-0.15, -0.1) is 11.3 Å². The lowest BCUT2D eigenvalue weighted by Crippen LogP contribution is -2.17. The van der Waals surface area contributed by atoms with Crippen molar-refractivity contribution in [2.75, 3.05) is 18.5 Å². The summed E-state index contributed by atoms with van der Waals surface area (Å²) in [7, 11) is 0. The van der Waals surface area contributed by atoms with Gasteiger partial charge in [-0.1, -0.05) is 18.7 Å². The van der Waals surface area contributed by atoms with Crippen molar-refractivity contribution in [2.24, 2.45) is 0 Å². The summed E-state index contributed by atoms with van der Waals surface area (Å²) in [5, 5.41) is 16.1. The van der Waals surface area contributed by atoms with Crippen molar-refractivity contribution in [2.45, 2.75) is 20.4 Å². The summed E-state index contributed by atoms with van der Waals surface area (Å²) in [5.74, 6) is 0.837. The third-order valence-electron chi connectivity index (χ3n) is 3.32. The number of aromatic nitrogens is 2. The maximum absolute atomic E-state index is 8.77. The molecule has 2 aromatic rings. The number of thiazole rings is 1. The standard InChI is InChI=1S/C19H24N4OS/c1-14-7-8-21-18(11-14)23-16(3)6-4-5-15(2)17-12-22-19(25-17)13-20-9-10-24/h4-8,11-12,20,24H,2,9-10,13H2,1,3H3,(H,21,23)/b5-4-,16-6+. The Balaban J connectivity index is 1.88. The lowest BCUT2D eigenvalue weighted by Gasteiger charge is -2.05. The Hall–Kier alpha value is -2.28. The molecule has 5 nitrogen and oxygen atoms in total. The Morgan fingerprint density at radius 1 is 1.40 bits per heavy atom. The Morgan fingerprint density at radius 3 is 3.00 bits per heavy atom. The van der Waals surface area contributed by atoms with Crippen LogP contribution < -0.4 is 10.6 Å². The van der Waals surface area contributed by atoms with Crippen molar-refractivity contribution < 1.29 is 5.11 Å². The van der Waals surface area contributed by atoms with Gasteiger partial charge in [-0.05, 0) is 43.2 Å². The van der Waals surface area contributed by atoms with Gasteiger partial charge in [0.05, 0.1) is 11.5 Å². The van der Waals surface area contributed by atoms with E-state index >= 15 is 0 Å². The second-order valence-electron chi connectivity index (χ2n) is 5.60. The number of nitrogens with one attached hydrogen (secondary N) is 2. The minimum absolute atomic E-state index is 0.130. The van der Waals surface area contributed by atoms with Crippen LogP contribution in [0.15, 0.2) is 55.0 Å². The molecule has 6 heteroatoms. The second-order valence-corrected chi connectivity index (χ2v) is 6.71. The molecular weight excluding hydrogens is 332 g/mol. The molecule has 0 radical (unpaired) electrons. The van der Waals surface area contributed by atoms with Gasteiger partial charge in [-0.2, -0.15) is 0 Å². The first-order valence-corrected chi connectivity index (χ1v) is 8.90. The lowest BCUT2D eigenvalue weighted by molar-refractivity contribution is 0.292. The summed E-state index contributed by atoms with van der Waals surface area (Å²) in [4.78, 5) is 9.68. The maximum atomic E-state index is 8.77. The van der Waals surface area contributed by atoms with Crippen molar-refractivity contribution in [3.05, 3.63) is 70.5 Å². The predicted octanol–water partition coefficient (Wildman–Crippen LogP) is 3.51. The first kappa shape index (κ1) is 19.1. The third-order valence-corrected chi connectivity index (χ3v) is 4.39. The molecule has 3 N–H and O–H groups in total. The molecule has 0 saturated carbocycles. The van der Waals surface area contributed by atoms with Crippen molar-refractivity contribution in [1.29, 1.82) is 0 Å². The van der Waals surface area contributed by atoms with Gasteiger partial charge < -0.3 is 15.7 Å². The van der Waals surface area contributed by atoms with Gasteiger partial charge in [-0.3, -0.25) is 0 Å². The molecule has 132 valence electrons. The molecule has 25 heavy (non-hydrogen) atoms. The zero-order valence-electron chi connectivity index (χ0n) is 14.6. The van der Waals surface area contributed by atoms with Crippen LogP contribution in [0.3, 0.4) is 0 Å². The molecule has 0 aromatic carbocycles. The van der Waals surface area contributed by atoms with E-state index in [0.717, 1.165) is 27.0 Å². The summed E-state index contributed by atoms with van der Waals surface area (Å²) in [5.41, 5.74) is 3.09. The Morgan fingerprint density at radius 2 is 2.24 bits per heavy atom. The van der Waals surface area contributed by atoms with Crippen molar-refractivity contribution in [3.63, 3.8) is 0 Å². The van der Waals surface area contributed by atoms with Gasteiger partial charge in [0.2, 0.25) is 0 Å². The molecule has 0 aliphatic carbocycles. The highest BCUT2D eigenvalue weighted by Gasteiger charge is 2.03. The average molecular weight is 356 g/mol. The number of pyridine rings is 1. The quantitative estimate of drug-likeness (QED) is 0.474. The SMILES string of the molecule is C=C(/C=C\C=C(/C)Nc1cc(C)ccn1)c1cnc(CNCCO)s1. The number of hydrogen-bond donors (Lipinski definition) is 3. The summed E-state index contributed by atoms with van der Waals surface area (Å²) in [6, 6.07) is 3.97. The highest BCUT2D eigenvalue weighted by atomic mass is 32.1. The number of nitrogens with zero attached hydrogens (tertiary/aromatic N) is 2. The van der Waals surface area contributed by atoms with Crippen molar-refractivity contribution in [1.82, 2.24) is 15.3 Å². The summed E-state index contributed by atoms with van der Waals surface area (Å²) >= 11 is 1.60. The molecule has 0 fully saturated rings.